The van der Waals surface area contributed by atoms with Gasteiger partial charge in [-0.05, 0) is 60.5 Å². The predicted octanol–water partition coefficient (Wildman–Crippen LogP) is 4.55. The summed E-state index contributed by atoms with van der Waals surface area (Å²) in [5, 5.41) is 17.9. The number of aromatic carboxylic acids is 1. The van der Waals surface area contributed by atoms with Crippen molar-refractivity contribution in [1.29, 1.82) is 0 Å². The van der Waals surface area contributed by atoms with Gasteiger partial charge in [0.2, 0.25) is 5.95 Å². The Hall–Kier alpha value is -4.53. The number of methoxy groups -OCH3 is 1. The van der Waals surface area contributed by atoms with Gasteiger partial charge in [-0.3, -0.25) is 0 Å². The fourth-order valence-electron chi connectivity index (χ4n) is 4.09. The van der Waals surface area contributed by atoms with E-state index in [0.29, 0.717) is 18.3 Å². The Morgan fingerprint density at radius 3 is 2.88 bits per heavy atom. The Kier molecular flexibility index (Phi) is 5.51. The van der Waals surface area contributed by atoms with Crippen LogP contribution in [0, 0.1) is 0 Å². The number of aromatic nitrogens is 4. The maximum absolute atomic E-state index is 11.4. The lowest BCUT2D eigenvalue weighted by molar-refractivity contribution is 0.0687. The SMILES string of the molecule is COc1ccc2[nH]cc(CCNc3nccc(Nc4ccc5c(c4)cc(C(=O)O)n5C)n3)c2c1. The molecule has 4 N–H and O–H groups in total. The van der Waals surface area contributed by atoms with Gasteiger partial charge in [-0.25, -0.2) is 9.78 Å². The van der Waals surface area contributed by atoms with E-state index >= 15 is 0 Å². The van der Waals surface area contributed by atoms with E-state index in [0.717, 1.165) is 39.7 Å². The summed E-state index contributed by atoms with van der Waals surface area (Å²) in [5.41, 5.74) is 4.17. The molecule has 5 rings (SSSR count). The monoisotopic (exact) mass is 456 g/mol. The third kappa shape index (κ3) is 4.11. The number of H-pyrrole nitrogens is 1. The molecule has 0 amide bonds. The summed E-state index contributed by atoms with van der Waals surface area (Å²) in [7, 11) is 3.41. The van der Waals surface area contributed by atoms with Gasteiger partial charge in [0.05, 0.1) is 7.11 Å². The van der Waals surface area contributed by atoms with Gasteiger partial charge in [0.15, 0.2) is 0 Å². The molecule has 0 saturated heterocycles. The minimum Gasteiger partial charge on any atom is -0.497 e. The first kappa shape index (κ1) is 21.3. The van der Waals surface area contributed by atoms with Gasteiger partial charge in [-0.1, -0.05) is 0 Å². The molecule has 0 aliphatic rings. The molecule has 0 unspecified atom stereocenters. The van der Waals surface area contributed by atoms with E-state index in [1.165, 1.54) is 5.56 Å². The van der Waals surface area contributed by atoms with E-state index in [2.05, 4.69) is 25.6 Å². The molecule has 0 fully saturated rings. The number of carboxylic acids is 1. The highest BCUT2D eigenvalue weighted by atomic mass is 16.5. The largest absolute Gasteiger partial charge is 0.497 e. The molecule has 9 nitrogen and oxygen atoms in total. The second-order valence-corrected chi connectivity index (χ2v) is 7.96. The smallest absolute Gasteiger partial charge is 0.352 e. The van der Waals surface area contributed by atoms with Crippen molar-refractivity contribution in [3.05, 3.63) is 72.2 Å². The minimum atomic E-state index is -0.952. The van der Waals surface area contributed by atoms with Gasteiger partial charge < -0.3 is 30.0 Å². The summed E-state index contributed by atoms with van der Waals surface area (Å²) in [6.45, 7) is 0.668. The van der Waals surface area contributed by atoms with E-state index in [4.69, 9.17) is 4.74 Å². The molecule has 3 heterocycles. The average Bonchev–Trinajstić information content (AvgIpc) is 3.39. The summed E-state index contributed by atoms with van der Waals surface area (Å²) < 4.78 is 7.00. The van der Waals surface area contributed by atoms with Gasteiger partial charge >= 0.3 is 5.97 Å². The molecule has 0 aliphatic carbocycles. The van der Waals surface area contributed by atoms with Crippen LogP contribution in [0.2, 0.25) is 0 Å². The molecule has 0 radical (unpaired) electrons. The summed E-state index contributed by atoms with van der Waals surface area (Å²) in [6, 6.07) is 15.1. The maximum atomic E-state index is 11.4. The zero-order valence-electron chi connectivity index (χ0n) is 18.8. The van der Waals surface area contributed by atoms with Crippen molar-refractivity contribution in [1.82, 2.24) is 19.5 Å². The summed E-state index contributed by atoms with van der Waals surface area (Å²) in [4.78, 5) is 23.5. The van der Waals surface area contributed by atoms with E-state index in [-0.39, 0.29) is 5.69 Å². The van der Waals surface area contributed by atoms with Crippen LogP contribution in [-0.2, 0) is 13.5 Å². The van der Waals surface area contributed by atoms with Crippen LogP contribution < -0.4 is 15.4 Å². The third-order valence-electron chi connectivity index (χ3n) is 5.84. The van der Waals surface area contributed by atoms with Crippen LogP contribution in [0.25, 0.3) is 21.8 Å². The van der Waals surface area contributed by atoms with Crippen LogP contribution in [0.5, 0.6) is 5.75 Å². The molecular weight excluding hydrogens is 432 g/mol. The number of rotatable bonds is 8. The first-order chi connectivity index (χ1) is 16.5. The number of carbonyl (C=O) groups is 1. The molecule has 0 spiro atoms. The van der Waals surface area contributed by atoms with Gasteiger partial charge in [-0.15, -0.1) is 0 Å². The van der Waals surface area contributed by atoms with Gasteiger partial charge in [0.25, 0.3) is 0 Å². The first-order valence-corrected chi connectivity index (χ1v) is 10.8. The van der Waals surface area contributed by atoms with Crippen LogP contribution in [0.15, 0.2) is 60.9 Å². The molecular formula is C25H24N6O3. The van der Waals surface area contributed by atoms with Gasteiger partial charge in [0.1, 0.15) is 17.3 Å². The van der Waals surface area contributed by atoms with E-state index in [9.17, 15) is 9.90 Å². The second kappa shape index (κ2) is 8.78. The Labute approximate surface area is 195 Å². The molecule has 5 aromatic rings. The molecule has 9 heteroatoms. The number of nitrogens with zero attached hydrogens (tertiary/aromatic N) is 3. The number of aromatic amines is 1. The van der Waals surface area contributed by atoms with Crippen molar-refractivity contribution in [2.24, 2.45) is 7.05 Å². The number of hydrogen-bond acceptors (Lipinski definition) is 6. The molecule has 0 saturated carbocycles. The van der Waals surface area contributed by atoms with Crippen molar-refractivity contribution in [3.8, 4) is 5.75 Å². The molecule has 34 heavy (non-hydrogen) atoms. The van der Waals surface area contributed by atoms with Crippen LogP contribution in [0.3, 0.4) is 0 Å². The molecule has 0 aliphatic heterocycles. The van der Waals surface area contributed by atoms with Gasteiger partial charge in [0, 0.05) is 53.5 Å². The number of ether oxygens (including phenoxy) is 1. The van der Waals surface area contributed by atoms with Crippen molar-refractivity contribution >= 4 is 45.2 Å². The normalized spacial score (nSPS) is 11.1. The van der Waals surface area contributed by atoms with Crippen LogP contribution in [0.4, 0.5) is 17.5 Å². The minimum absolute atomic E-state index is 0.245. The van der Waals surface area contributed by atoms with Crippen LogP contribution >= 0.6 is 0 Å². The fraction of sp³-hybridized carbons (Fsp3) is 0.160. The van der Waals surface area contributed by atoms with Gasteiger partial charge in [-0.2, -0.15) is 4.98 Å². The molecule has 2 aromatic carbocycles. The average molecular weight is 457 g/mol. The molecule has 3 aromatic heterocycles. The van der Waals surface area contributed by atoms with E-state index in [1.807, 2.05) is 42.6 Å². The summed E-state index contributed by atoms with van der Waals surface area (Å²) >= 11 is 0. The summed E-state index contributed by atoms with van der Waals surface area (Å²) in [6.07, 6.45) is 4.50. The zero-order chi connectivity index (χ0) is 23.7. The lowest BCUT2D eigenvalue weighted by Crippen LogP contribution is -2.08. The number of benzene rings is 2. The van der Waals surface area contributed by atoms with Crippen molar-refractivity contribution in [2.75, 3.05) is 24.3 Å². The van der Waals surface area contributed by atoms with Crippen molar-refractivity contribution < 1.29 is 14.6 Å². The molecule has 0 bridgehead atoms. The maximum Gasteiger partial charge on any atom is 0.352 e. The molecule has 0 atom stereocenters. The lowest BCUT2D eigenvalue weighted by Gasteiger charge is -2.09. The Morgan fingerprint density at radius 1 is 1.18 bits per heavy atom. The highest BCUT2D eigenvalue weighted by Crippen LogP contribution is 2.25. The number of carboxylic acid groups (broad SMARTS) is 1. The fourth-order valence-corrected chi connectivity index (χ4v) is 4.09. The zero-order valence-corrected chi connectivity index (χ0v) is 18.8. The summed E-state index contributed by atoms with van der Waals surface area (Å²) in [5.74, 6) is 1.04. The Morgan fingerprint density at radius 2 is 2.06 bits per heavy atom. The standard InChI is InChI=1S/C25H24N6O3/c1-31-21-6-3-17(11-16(21)12-22(31)24(32)33)29-23-8-10-27-25(30-23)26-9-7-15-14-28-20-5-4-18(34-2)13-19(15)20/h3-6,8,10-14,28H,7,9H2,1-2H3,(H,32,33)(H2,26,27,29,30). The van der Waals surface area contributed by atoms with Crippen molar-refractivity contribution in [2.45, 2.75) is 6.42 Å². The number of anilines is 3. The van der Waals surface area contributed by atoms with Crippen LogP contribution in [0.1, 0.15) is 16.1 Å². The topological polar surface area (TPSA) is 117 Å². The number of fused-ring (bicyclic) bond motifs is 2. The second-order valence-electron chi connectivity index (χ2n) is 7.96. The number of nitrogens with one attached hydrogen (secondary N) is 3. The van der Waals surface area contributed by atoms with Crippen LogP contribution in [-0.4, -0.2) is 44.2 Å². The Balaban J connectivity index is 1.26. The quantitative estimate of drug-likeness (QED) is 0.270. The molecule has 172 valence electrons. The van der Waals surface area contributed by atoms with Crippen molar-refractivity contribution in [3.63, 3.8) is 0 Å². The lowest BCUT2D eigenvalue weighted by atomic mass is 10.1. The number of hydrogen-bond donors (Lipinski definition) is 4. The predicted molar refractivity (Wildman–Crippen MR) is 132 cm³/mol. The highest BCUT2D eigenvalue weighted by Gasteiger charge is 2.12. The number of aryl methyl sites for hydroxylation is 1. The Bertz CT molecular complexity index is 1500. The highest BCUT2D eigenvalue weighted by molar-refractivity contribution is 5.95. The van der Waals surface area contributed by atoms with E-state index in [1.54, 1.807) is 37.1 Å². The first-order valence-electron chi connectivity index (χ1n) is 10.8. The van der Waals surface area contributed by atoms with E-state index < -0.39 is 5.97 Å². The third-order valence-corrected chi connectivity index (χ3v) is 5.84.